The second kappa shape index (κ2) is 6.47. The highest BCUT2D eigenvalue weighted by atomic mass is 19.3. The predicted molar refractivity (Wildman–Crippen MR) is 71.7 cm³/mol. The quantitative estimate of drug-likeness (QED) is 0.855. The van der Waals surface area contributed by atoms with Gasteiger partial charge in [-0.15, -0.1) is 0 Å². The Morgan fingerprint density at radius 3 is 2.75 bits per heavy atom. The second-order valence-corrected chi connectivity index (χ2v) is 4.54. The number of halogens is 2. The predicted octanol–water partition coefficient (Wildman–Crippen LogP) is 3.17. The SMILES string of the molecule is Cc1[nH]ncc1CNC(C)c1ccccc1OC(F)F. The zero-order valence-electron chi connectivity index (χ0n) is 11.4. The molecule has 0 aliphatic heterocycles. The molecule has 1 aromatic heterocycles. The molecule has 2 rings (SSSR count). The van der Waals surface area contributed by atoms with E-state index in [2.05, 4.69) is 20.3 Å². The first-order valence-corrected chi connectivity index (χ1v) is 6.34. The zero-order valence-corrected chi connectivity index (χ0v) is 11.4. The fourth-order valence-electron chi connectivity index (χ4n) is 1.97. The molecular weight excluding hydrogens is 264 g/mol. The van der Waals surface area contributed by atoms with E-state index in [9.17, 15) is 8.78 Å². The Bertz CT molecular complexity index is 557. The Kier molecular flexibility index (Phi) is 4.68. The molecule has 1 heterocycles. The summed E-state index contributed by atoms with van der Waals surface area (Å²) >= 11 is 0. The molecule has 0 saturated heterocycles. The molecule has 0 saturated carbocycles. The van der Waals surface area contributed by atoms with Crippen LogP contribution in [0.2, 0.25) is 0 Å². The lowest BCUT2D eigenvalue weighted by Gasteiger charge is -2.17. The van der Waals surface area contributed by atoms with E-state index in [4.69, 9.17) is 0 Å². The van der Waals surface area contributed by atoms with Crippen molar-refractivity contribution in [3.63, 3.8) is 0 Å². The Morgan fingerprint density at radius 2 is 2.10 bits per heavy atom. The van der Waals surface area contributed by atoms with Gasteiger partial charge in [-0.25, -0.2) is 0 Å². The van der Waals surface area contributed by atoms with Crippen LogP contribution < -0.4 is 10.1 Å². The number of aromatic amines is 1. The summed E-state index contributed by atoms with van der Waals surface area (Å²) in [4.78, 5) is 0. The van der Waals surface area contributed by atoms with Crippen molar-refractivity contribution in [2.45, 2.75) is 33.0 Å². The number of aromatic nitrogens is 2. The minimum atomic E-state index is -2.82. The van der Waals surface area contributed by atoms with Gasteiger partial charge in [-0.1, -0.05) is 18.2 Å². The number of benzene rings is 1. The molecule has 0 amide bonds. The van der Waals surface area contributed by atoms with E-state index in [1.165, 1.54) is 0 Å². The van der Waals surface area contributed by atoms with Crippen LogP contribution in [0.25, 0.3) is 0 Å². The number of H-pyrrole nitrogens is 1. The van der Waals surface area contributed by atoms with Crippen molar-refractivity contribution < 1.29 is 13.5 Å². The molecule has 1 atom stereocenters. The van der Waals surface area contributed by atoms with Crippen molar-refractivity contribution in [1.29, 1.82) is 0 Å². The number of nitrogens with zero attached hydrogens (tertiary/aromatic N) is 1. The monoisotopic (exact) mass is 281 g/mol. The number of alkyl halides is 2. The van der Waals surface area contributed by atoms with Crippen LogP contribution in [-0.4, -0.2) is 16.8 Å². The summed E-state index contributed by atoms with van der Waals surface area (Å²) in [5.41, 5.74) is 2.74. The number of para-hydroxylation sites is 1. The molecular formula is C14H17F2N3O. The van der Waals surface area contributed by atoms with Gasteiger partial charge in [0.2, 0.25) is 0 Å². The van der Waals surface area contributed by atoms with Gasteiger partial charge in [-0.05, 0) is 19.9 Å². The standard InChI is InChI=1S/C14H17F2N3O/c1-9-11(8-18-19-9)7-17-10(2)12-5-3-4-6-13(12)20-14(15)16/h3-6,8,10,14,17H,7H2,1-2H3,(H,18,19). The van der Waals surface area contributed by atoms with Crippen molar-refractivity contribution in [2.75, 3.05) is 0 Å². The lowest BCUT2D eigenvalue weighted by Crippen LogP contribution is -2.19. The largest absolute Gasteiger partial charge is 0.434 e. The summed E-state index contributed by atoms with van der Waals surface area (Å²) in [5, 5.41) is 10.1. The normalized spacial score (nSPS) is 12.7. The Hall–Kier alpha value is -1.95. The second-order valence-electron chi connectivity index (χ2n) is 4.54. The fraction of sp³-hybridized carbons (Fsp3) is 0.357. The number of rotatable bonds is 6. The molecule has 0 radical (unpaired) electrons. The molecule has 0 aliphatic rings. The summed E-state index contributed by atoms with van der Waals surface area (Å²) in [6.45, 7) is 1.62. The maximum atomic E-state index is 12.4. The number of nitrogens with one attached hydrogen (secondary N) is 2. The van der Waals surface area contributed by atoms with Crippen LogP contribution in [-0.2, 0) is 6.54 Å². The summed E-state index contributed by atoms with van der Waals surface area (Å²) < 4.78 is 29.3. The van der Waals surface area contributed by atoms with Crippen molar-refractivity contribution >= 4 is 0 Å². The zero-order chi connectivity index (χ0) is 14.5. The third kappa shape index (κ3) is 3.54. The average Bonchev–Trinajstić information content (AvgIpc) is 2.81. The molecule has 20 heavy (non-hydrogen) atoms. The van der Waals surface area contributed by atoms with Crippen molar-refractivity contribution in [1.82, 2.24) is 15.5 Å². The fourth-order valence-corrected chi connectivity index (χ4v) is 1.97. The van der Waals surface area contributed by atoms with E-state index >= 15 is 0 Å². The third-order valence-electron chi connectivity index (χ3n) is 3.13. The number of aryl methyl sites for hydroxylation is 1. The summed E-state index contributed by atoms with van der Waals surface area (Å²) in [7, 11) is 0. The first-order chi connectivity index (χ1) is 9.58. The molecule has 0 fully saturated rings. The number of hydrogen-bond acceptors (Lipinski definition) is 3. The van der Waals surface area contributed by atoms with Gasteiger partial charge >= 0.3 is 6.61 Å². The highest BCUT2D eigenvalue weighted by molar-refractivity contribution is 5.35. The van der Waals surface area contributed by atoms with E-state index < -0.39 is 6.61 Å². The van der Waals surface area contributed by atoms with Gasteiger partial charge in [0.25, 0.3) is 0 Å². The molecule has 108 valence electrons. The van der Waals surface area contributed by atoms with Crippen LogP contribution in [0.3, 0.4) is 0 Å². The van der Waals surface area contributed by atoms with Crippen LogP contribution >= 0.6 is 0 Å². The van der Waals surface area contributed by atoms with E-state index in [-0.39, 0.29) is 11.8 Å². The Labute approximate surface area is 116 Å². The first-order valence-electron chi connectivity index (χ1n) is 6.34. The van der Waals surface area contributed by atoms with Crippen LogP contribution in [0.4, 0.5) is 8.78 Å². The molecule has 2 aromatic rings. The maximum Gasteiger partial charge on any atom is 0.387 e. The van der Waals surface area contributed by atoms with Crippen LogP contribution in [0.15, 0.2) is 30.5 Å². The molecule has 6 heteroatoms. The van der Waals surface area contributed by atoms with E-state index in [0.717, 1.165) is 11.3 Å². The van der Waals surface area contributed by atoms with Gasteiger partial charge < -0.3 is 10.1 Å². The van der Waals surface area contributed by atoms with Crippen molar-refractivity contribution in [3.8, 4) is 5.75 Å². The van der Waals surface area contributed by atoms with Crippen molar-refractivity contribution in [3.05, 3.63) is 47.3 Å². The average molecular weight is 281 g/mol. The van der Waals surface area contributed by atoms with Crippen molar-refractivity contribution in [2.24, 2.45) is 0 Å². The molecule has 2 N–H and O–H groups in total. The van der Waals surface area contributed by atoms with Gasteiger partial charge in [0.1, 0.15) is 5.75 Å². The molecule has 4 nitrogen and oxygen atoms in total. The van der Waals surface area contributed by atoms with E-state index in [1.54, 1.807) is 30.5 Å². The van der Waals surface area contributed by atoms with E-state index in [0.29, 0.717) is 12.1 Å². The maximum absolute atomic E-state index is 12.4. The van der Waals surface area contributed by atoms with Crippen LogP contribution in [0.1, 0.15) is 29.8 Å². The summed E-state index contributed by atoms with van der Waals surface area (Å²) in [6.07, 6.45) is 1.75. The molecule has 0 spiro atoms. The van der Waals surface area contributed by atoms with Crippen LogP contribution in [0, 0.1) is 6.92 Å². The van der Waals surface area contributed by atoms with Gasteiger partial charge in [0.15, 0.2) is 0 Å². The number of ether oxygens (including phenoxy) is 1. The smallest absolute Gasteiger partial charge is 0.387 e. The van der Waals surface area contributed by atoms with E-state index in [1.807, 2.05) is 13.8 Å². The first kappa shape index (κ1) is 14.5. The van der Waals surface area contributed by atoms with Gasteiger partial charge in [0.05, 0.1) is 6.20 Å². The Balaban J connectivity index is 2.05. The minimum Gasteiger partial charge on any atom is -0.434 e. The lowest BCUT2D eigenvalue weighted by molar-refractivity contribution is -0.0506. The summed E-state index contributed by atoms with van der Waals surface area (Å²) in [5.74, 6) is 0.200. The number of hydrogen-bond donors (Lipinski definition) is 2. The minimum absolute atomic E-state index is 0.112. The van der Waals surface area contributed by atoms with Crippen LogP contribution in [0.5, 0.6) is 5.75 Å². The van der Waals surface area contributed by atoms with Gasteiger partial charge in [0, 0.05) is 29.4 Å². The highest BCUT2D eigenvalue weighted by Crippen LogP contribution is 2.26. The van der Waals surface area contributed by atoms with Gasteiger partial charge in [-0.3, -0.25) is 5.10 Å². The topological polar surface area (TPSA) is 49.9 Å². The molecule has 0 bridgehead atoms. The highest BCUT2D eigenvalue weighted by Gasteiger charge is 2.14. The molecule has 1 unspecified atom stereocenters. The Morgan fingerprint density at radius 1 is 1.35 bits per heavy atom. The van der Waals surface area contributed by atoms with Gasteiger partial charge in [-0.2, -0.15) is 13.9 Å². The molecule has 0 aliphatic carbocycles. The molecule has 1 aromatic carbocycles. The third-order valence-corrected chi connectivity index (χ3v) is 3.13. The summed E-state index contributed by atoms with van der Waals surface area (Å²) in [6, 6.07) is 6.68. The lowest BCUT2D eigenvalue weighted by atomic mass is 10.1.